The number of rotatable bonds is 1. The number of aromatic nitrogens is 3. The first kappa shape index (κ1) is 9.48. The zero-order valence-corrected chi connectivity index (χ0v) is 8.86. The van der Waals surface area contributed by atoms with Gasteiger partial charge in [0.15, 0.2) is 5.82 Å². The number of nitrogens with zero attached hydrogens (tertiary/aromatic N) is 2. The van der Waals surface area contributed by atoms with Crippen molar-refractivity contribution in [2.75, 3.05) is 5.73 Å². The van der Waals surface area contributed by atoms with Crippen LogP contribution in [0.15, 0.2) is 30.5 Å². The van der Waals surface area contributed by atoms with Gasteiger partial charge in [-0.3, -0.25) is 5.10 Å². The number of hydrogen-bond donors (Lipinski definition) is 3. The Morgan fingerprint density at radius 1 is 1.29 bits per heavy atom. The molecule has 0 atom stereocenters. The monoisotopic (exact) mass is 223 g/mol. The van der Waals surface area contributed by atoms with Gasteiger partial charge >= 0.3 is 0 Å². The van der Waals surface area contributed by atoms with Gasteiger partial charge in [0, 0.05) is 17.3 Å². The summed E-state index contributed by atoms with van der Waals surface area (Å²) in [6.07, 6.45) is 1.88. The van der Waals surface area contributed by atoms with E-state index in [0.717, 1.165) is 16.5 Å². The molecule has 0 aliphatic heterocycles. The Morgan fingerprint density at radius 2 is 2.18 bits per heavy atom. The van der Waals surface area contributed by atoms with Gasteiger partial charge in [-0.15, -0.1) is 0 Å². The minimum atomic E-state index is 0.231. The highest BCUT2D eigenvalue weighted by Crippen LogP contribution is 2.26. The zero-order chi connectivity index (χ0) is 11.8. The molecule has 0 aliphatic rings. The summed E-state index contributed by atoms with van der Waals surface area (Å²) in [6.45, 7) is 0. The van der Waals surface area contributed by atoms with Crippen LogP contribution in [0, 0.1) is 11.3 Å². The highest BCUT2D eigenvalue weighted by atomic mass is 15.2. The van der Waals surface area contributed by atoms with Crippen molar-refractivity contribution < 1.29 is 0 Å². The fraction of sp³-hybridized carbons (Fsp3) is 0. The number of aromatic amines is 2. The van der Waals surface area contributed by atoms with Gasteiger partial charge in [-0.25, -0.2) is 0 Å². The van der Waals surface area contributed by atoms with Crippen LogP contribution in [0.25, 0.3) is 22.2 Å². The van der Waals surface area contributed by atoms with Gasteiger partial charge in [-0.1, -0.05) is 12.1 Å². The molecule has 0 spiro atoms. The summed E-state index contributed by atoms with van der Waals surface area (Å²) in [5, 5.41) is 16.8. The third-order valence-electron chi connectivity index (χ3n) is 2.75. The van der Waals surface area contributed by atoms with E-state index < -0.39 is 0 Å². The second kappa shape index (κ2) is 3.39. The maximum atomic E-state index is 9.02. The molecule has 2 aromatic heterocycles. The highest BCUT2D eigenvalue weighted by molar-refractivity contribution is 5.85. The minimum Gasteiger partial charge on any atom is -0.381 e. The van der Waals surface area contributed by atoms with E-state index in [1.54, 1.807) is 0 Å². The summed E-state index contributed by atoms with van der Waals surface area (Å²) in [4.78, 5) is 3.13. The molecular weight excluding hydrogens is 214 g/mol. The standard InChI is InChI=1S/C12H9N5/c13-6-9-11(16-17-12(9)14)8-2-1-7-3-4-15-10(7)5-8/h1-5,15H,(H3,14,16,17). The Morgan fingerprint density at radius 3 is 3.00 bits per heavy atom. The van der Waals surface area contributed by atoms with Gasteiger partial charge in [0.2, 0.25) is 0 Å². The van der Waals surface area contributed by atoms with Gasteiger partial charge in [-0.2, -0.15) is 10.4 Å². The van der Waals surface area contributed by atoms with E-state index in [-0.39, 0.29) is 5.82 Å². The molecule has 3 aromatic rings. The first-order valence-electron chi connectivity index (χ1n) is 5.11. The quantitative estimate of drug-likeness (QED) is 0.589. The number of fused-ring (bicyclic) bond motifs is 1. The van der Waals surface area contributed by atoms with Crippen LogP contribution in [0.1, 0.15) is 5.56 Å². The number of nitriles is 1. The van der Waals surface area contributed by atoms with Gasteiger partial charge in [0.1, 0.15) is 11.6 Å². The average molecular weight is 223 g/mol. The lowest BCUT2D eigenvalue weighted by Gasteiger charge is -1.98. The van der Waals surface area contributed by atoms with Crippen molar-refractivity contribution in [3.8, 4) is 17.3 Å². The lowest BCUT2D eigenvalue weighted by molar-refractivity contribution is 1.10. The van der Waals surface area contributed by atoms with E-state index in [1.165, 1.54) is 0 Å². The van der Waals surface area contributed by atoms with Crippen molar-refractivity contribution in [3.63, 3.8) is 0 Å². The fourth-order valence-electron chi connectivity index (χ4n) is 1.88. The Balaban J connectivity index is 2.23. The third kappa shape index (κ3) is 1.35. The zero-order valence-electron chi connectivity index (χ0n) is 8.86. The fourth-order valence-corrected chi connectivity index (χ4v) is 1.88. The Kier molecular flexibility index (Phi) is 1.89. The molecule has 0 radical (unpaired) electrons. The molecule has 0 saturated heterocycles. The SMILES string of the molecule is N#Cc1c(N)n[nH]c1-c1ccc2cc[nH]c2c1. The molecule has 3 rings (SSSR count). The van der Waals surface area contributed by atoms with Crippen LogP contribution in [0.4, 0.5) is 5.82 Å². The van der Waals surface area contributed by atoms with Gasteiger partial charge < -0.3 is 10.7 Å². The first-order chi connectivity index (χ1) is 8.29. The normalized spacial score (nSPS) is 10.5. The lowest BCUT2D eigenvalue weighted by Crippen LogP contribution is -1.87. The summed E-state index contributed by atoms with van der Waals surface area (Å²) in [5.74, 6) is 0.231. The van der Waals surface area contributed by atoms with Crippen molar-refractivity contribution in [3.05, 3.63) is 36.0 Å². The van der Waals surface area contributed by atoms with Crippen LogP contribution in [-0.2, 0) is 0 Å². The highest BCUT2D eigenvalue weighted by Gasteiger charge is 2.12. The number of benzene rings is 1. The Labute approximate surface area is 96.9 Å². The summed E-state index contributed by atoms with van der Waals surface area (Å²) >= 11 is 0. The molecular formula is C12H9N5. The number of nitrogens with one attached hydrogen (secondary N) is 2. The number of nitrogen functional groups attached to an aromatic ring is 1. The number of anilines is 1. The van der Waals surface area contributed by atoms with Crippen LogP contribution in [-0.4, -0.2) is 15.2 Å². The topological polar surface area (TPSA) is 94.3 Å². The second-order valence-corrected chi connectivity index (χ2v) is 3.75. The molecule has 5 nitrogen and oxygen atoms in total. The summed E-state index contributed by atoms with van der Waals surface area (Å²) in [7, 11) is 0. The molecule has 0 bridgehead atoms. The van der Waals surface area contributed by atoms with E-state index in [2.05, 4.69) is 21.3 Å². The largest absolute Gasteiger partial charge is 0.381 e. The molecule has 4 N–H and O–H groups in total. The summed E-state index contributed by atoms with van der Waals surface area (Å²) < 4.78 is 0. The maximum absolute atomic E-state index is 9.02. The van der Waals surface area contributed by atoms with Crippen LogP contribution in [0.3, 0.4) is 0 Å². The number of H-pyrrole nitrogens is 2. The predicted octanol–water partition coefficient (Wildman–Crippen LogP) is 2.01. The minimum absolute atomic E-state index is 0.231. The van der Waals surface area contributed by atoms with Crippen molar-refractivity contribution in [1.82, 2.24) is 15.2 Å². The second-order valence-electron chi connectivity index (χ2n) is 3.75. The van der Waals surface area contributed by atoms with E-state index >= 15 is 0 Å². The first-order valence-corrected chi connectivity index (χ1v) is 5.11. The van der Waals surface area contributed by atoms with Crippen LogP contribution >= 0.6 is 0 Å². The van der Waals surface area contributed by atoms with Crippen molar-refractivity contribution >= 4 is 16.7 Å². The smallest absolute Gasteiger partial charge is 0.163 e. The molecule has 1 aromatic carbocycles. The predicted molar refractivity (Wildman–Crippen MR) is 65.0 cm³/mol. The van der Waals surface area contributed by atoms with E-state index in [4.69, 9.17) is 11.0 Å². The van der Waals surface area contributed by atoms with Crippen LogP contribution < -0.4 is 5.73 Å². The Bertz CT molecular complexity index is 729. The molecule has 0 unspecified atom stereocenters. The number of nitrogens with two attached hydrogens (primary N) is 1. The molecule has 0 aliphatic carbocycles. The van der Waals surface area contributed by atoms with E-state index in [9.17, 15) is 0 Å². The van der Waals surface area contributed by atoms with Gasteiger partial charge in [-0.05, 0) is 17.5 Å². The van der Waals surface area contributed by atoms with Gasteiger partial charge in [0.25, 0.3) is 0 Å². The summed E-state index contributed by atoms with van der Waals surface area (Å²) in [6, 6.07) is 9.93. The molecule has 17 heavy (non-hydrogen) atoms. The molecule has 2 heterocycles. The van der Waals surface area contributed by atoms with Crippen LogP contribution in [0.2, 0.25) is 0 Å². The van der Waals surface area contributed by atoms with E-state index in [0.29, 0.717) is 11.3 Å². The summed E-state index contributed by atoms with van der Waals surface area (Å²) in [5.41, 5.74) is 8.55. The molecule has 0 saturated carbocycles. The van der Waals surface area contributed by atoms with Crippen molar-refractivity contribution in [2.24, 2.45) is 0 Å². The third-order valence-corrected chi connectivity index (χ3v) is 2.75. The molecule has 0 amide bonds. The van der Waals surface area contributed by atoms with Crippen molar-refractivity contribution in [2.45, 2.75) is 0 Å². The maximum Gasteiger partial charge on any atom is 0.163 e. The molecule has 82 valence electrons. The lowest BCUT2D eigenvalue weighted by atomic mass is 10.1. The van der Waals surface area contributed by atoms with Gasteiger partial charge in [0.05, 0.1) is 5.69 Å². The van der Waals surface area contributed by atoms with Crippen LogP contribution in [0.5, 0.6) is 0 Å². The Hall–Kier alpha value is -2.74. The van der Waals surface area contributed by atoms with Crippen molar-refractivity contribution in [1.29, 1.82) is 5.26 Å². The average Bonchev–Trinajstić information content (AvgIpc) is 2.93. The molecule has 0 fully saturated rings. The number of hydrogen-bond acceptors (Lipinski definition) is 3. The van der Waals surface area contributed by atoms with E-state index in [1.807, 2.05) is 30.5 Å². The molecule has 5 heteroatoms.